The molecule has 2 aromatic heterocycles. The Bertz CT molecular complexity index is 1170. The van der Waals surface area contributed by atoms with Gasteiger partial charge in [-0.15, -0.1) is 0 Å². The number of hydrogen-bond donors (Lipinski definition) is 4. The van der Waals surface area contributed by atoms with Crippen LogP contribution in [-0.4, -0.2) is 59.5 Å². The monoisotopic (exact) mass is 574 g/mol. The molecule has 0 saturated carbocycles. The van der Waals surface area contributed by atoms with Crippen molar-refractivity contribution < 1.29 is 150 Å². The van der Waals surface area contributed by atoms with Gasteiger partial charge in [0.25, 0.3) is 29.0 Å². The van der Waals surface area contributed by atoms with E-state index < -0.39 is 60.2 Å². The van der Waals surface area contributed by atoms with Gasteiger partial charge in [-0.3, -0.25) is 23.1 Å². The van der Waals surface area contributed by atoms with E-state index in [0.29, 0.717) is 0 Å². The summed E-state index contributed by atoms with van der Waals surface area (Å²) in [7, 11) is -17.8. The van der Waals surface area contributed by atoms with Gasteiger partial charge in [-0.2, -0.15) is 0 Å². The summed E-state index contributed by atoms with van der Waals surface area (Å²) in [6, 6.07) is 0. The molecule has 1 fully saturated rings. The molecule has 4 N–H and O–H groups in total. The van der Waals surface area contributed by atoms with Crippen molar-refractivity contribution in [2.45, 2.75) is 24.5 Å². The number of phosphoric ester groups is 1. The summed E-state index contributed by atoms with van der Waals surface area (Å²) < 4.78 is 50.3. The second-order valence-electron chi connectivity index (χ2n) is 5.92. The molecule has 1 aliphatic rings. The molecule has 0 radical (unpaired) electrons. The molecule has 0 aliphatic carbocycles. The Hall–Kier alpha value is 1.64. The van der Waals surface area contributed by atoms with E-state index >= 15 is 0 Å². The van der Waals surface area contributed by atoms with Crippen LogP contribution in [0.15, 0.2) is 17.4 Å². The number of aromatic amines is 1. The minimum absolute atomic E-state index is 0. The second-order valence-corrected chi connectivity index (χ2v) is 10.2. The van der Waals surface area contributed by atoms with Gasteiger partial charge >= 0.3 is 88.7 Å². The van der Waals surface area contributed by atoms with Gasteiger partial charge in [0, 0.05) is 0 Å². The standard InChI is InChI=1S/C10H15N4O14P3.3Na/c15-6-4(1-25-30(21,22)28-31(23,24)27-29(18,19)20)26-10(7(6)16)14-3-13-5-8(14)11-2-12-9(5)17;;;/h2-4,6-7,10,15-16H,1H2,(H,21,22)(H,23,24)(H,11,12,17)(H2,18,19,20);;;/q;3*+1/p-3/t4-,6-,7-,10-;;;/m1.../s1. The van der Waals surface area contributed by atoms with Crippen LogP contribution in [-0.2, 0) is 31.6 Å². The Morgan fingerprint density at radius 1 is 1.06 bits per heavy atom. The van der Waals surface area contributed by atoms with E-state index in [1.807, 2.05) is 0 Å². The van der Waals surface area contributed by atoms with E-state index in [2.05, 4.69) is 28.1 Å². The zero-order valence-corrected chi connectivity index (χ0v) is 26.4. The number of aliphatic hydroxyl groups excluding tert-OH is 2. The number of aliphatic hydroxyl groups is 2. The van der Waals surface area contributed by atoms with Gasteiger partial charge in [0.15, 0.2) is 17.4 Å². The molecule has 2 aromatic rings. The Labute approximate surface area is 255 Å². The molecular formula is C10H12N4Na3O14P3. The van der Waals surface area contributed by atoms with Gasteiger partial charge in [-0.05, 0) is 0 Å². The van der Waals surface area contributed by atoms with E-state index in [-0.39, 0.29) is 99.8 Å². The van der Waals surface area contributed by atoms with Crippen LogP contribution in [0.5, 0.6) is 0 Å². The maximum absolute atomic E-state index is 11.7. The first-order valence-electron chi connectivity index (χ1n) is 7.84. The van der Waals surface area contributed by atoms with Crippen molar-refractivity contribution in [3.05, 3.63) is 23.0 Å². The van der Waals surface area contributed by atoms with Crippen LogP contribution in [0.2, 0.25) is 0 Å². The van der Waals surface area contributed by atoms with Gasteiger partial charge in [-0.25, -0.2) is 18.6 Å². The summed E-state index contributed by atoms with van der Waals surface area (Å²) >= 11 is 0. The zero-order chi connectivity index (χ0) is 23.2. The fourth-order valence-electron chi connectivity index (χ4n) is 2.60. The zero-order valence-electron chi connectivity index (χ0n) is 17.7. The van der Waals surface area contributed by atoms with Crippen LogP contribution in [0.25, 0.3) is 11.2 Å². The molecule has 0 aromatic carbocycles. The van der Waals surface area contributed by atoms with Gasteiger partial charge in [-0.1, -0.05) is 0 Å². The Kier molecular flexibility index (Phi) is 14.3. The van der Waals surface area contributed by atoms with Crippen molar-refractivity contribution in [3.8, 4) is 0 Å². The predicted molar refractivity (Wildman–Crippen MR) is 87.2 cm³/mol. The van der Waals surface area contributed by atoms with Crippen LogP contribution < -0.4 is 109 Å². The topological polar surface area (TPSA) is 282 Å². The summed E-state index contributed by atoms with van der Waals surface area (Å²) in [5, 5.41) is 20.3. The van der Waals surface area contributed by atoms with Crippen LogP contribution in [0.3, 0.4) is 0 Å². The Morgan fingerprint density at radius 2 is 1.68 bits per heavy atom. The number of rotatable bonds is 8. The van der Waals surface area contributed by atoms with E-state index in [1.54, 1.807) is 0 Å². The number of ether oxygens (including phenoxy) is 1. The third-order valence-corrected chi connectivity index (χ3v) is 7.47. The van der Waals surface area contributed by atoms with Crippen LogP contribution >= 0.6 is 23.5 Å². The van der Waals surface area contributed by atoms with E-state index in [0.717, 1.165) is 17.2 Å². The molecule has 3 rings (SSSR count). The predicted octanol–water partition coefficient (Wildman–Crippen LogP) is -12.8. The van der Waals surface area contributed by atoms with Crippen LogP contribution in [0.1, 0.15) is 6.23 Å². The maximum atomic E-state index is 11.7. The van der Waals surface area contributed by atoms with Crippen molar-refractivity contribution in [3.63, 3.8) is 0 Å². The number of imidazole rings is 1. The Balaban J connectivity index is 0.00000363. The normalized spacial score (nSPS) is 27.4. The minimum atomic E-state index is -6.09. The smallest absolute Gasteiger partial charge is 0.756 e. The number of H-pyrrole nitrogens is 1. The largest absolute Gasteiger partial charge is 1.00 e. The molecule has 0 bridgehead atoms. The van der Waals surface area contributed by atoms with Crippen molar-refractivity contribution in [2.24, 2.45) is 0 Å². The SMILES string of the molecule is O=c1[nH]cnc2c1ncn2[C@@H]1O[C@H](COP(=O)([O-])OP(=O)([O-])OP(=O)([O-])O)[C@@H](O)[C@H]1O.[Na+].[Na+].[Na+]. The molecule has 1 saturated heterocycles. The van der Waals surface area contributed by atoms with Crippen molar-refractivity contribution in [2.75, 3.05) is 6.61 Å². The average molecular weight is 574 g/mol. The third kappa shape index (κ3) is 9.13. The first kappa shape index (κ1) is 35.6. The molecule has 1 aliphatic heterocycles. The van der Waals surface area contributed by atoms with E-state index in [4.69, 9.17) is 9.63 Å². The number of nitrogens with zero attached hydrogens (tertiary/aromatic N) is 3. The molecular weight excluding hydrogens is 562 g/mol. The summed E-state index contributed by atoms with van der Waals surface area (Å²) in [6.45, 7) is -1.09. The summed E-state index contributed by atoms with van der Waals surface area (Å²) in [5.41, 5.74) is -0.749. The summed E-state index contributed by atoms with van der Waals surface area (Å²) in [5.74, 6) is 0. The first-order valence-corrected chi connectivity index (χ1v) is 12.3. The summed E-state index contributed by atoms with van der Waals surface area (Å²) in [6.07, 6.45) is -4.31. The molecule has 3 heterocycles. The third-order valence-electron chi connectivity index (χ3n) is 3.78. The van der Waals surface area contributed by atoms with Gasteiger partial charge in [0.1, 0.15) is 18.3 Å². The molecule has 7 atom stereocenters. The molecule has 18 nitrogen and oxygen atoms in total. The number of aromatic nitrogens is 4. The molecule has 174 valence electrons. The van der Waals surface area contributed by atoms with Gasteiger partial charge < -0.3 is 44.0 Å². The van der Waals surface area contributed by atoms with Crippen molar-refractivity contribution in [1.82, 2.24) is 19.5 Å². The number of phosphoric acid groups is 3. The Morgan fingerprint density at radius 3 is 2.26 bits per heavy atom. The second kappa shape index (κ2) is 13.6. The number of nitrogens with one attached hydrogen (secondary N) is 1. The van der Waals surface area contributed by atoms with E-state index in [1.165, 1.54) is 0 Å². The molecule has 3 unspecified atom stereocenters. The summed E-state index contributed by atoms with van der Waals surface area (Å²) in [4.78, 5) is 63.1. The fraction of sp³-hybridized carbons (Fsp3) is 0.500. The van der Waals surface area contributed by atoms with Crippen molar-refractivity contribution in [1.29, 1.82) is 0 Å². The molecule has 0 amide bonds. The molecule has 0 spiro atoms. The number of fused-ring (bicyclic) bond motifs is 1. The molecule has 24 heteroatoms. The number of hydrogen-bond acceptors (Lipinski definition) is 15. The van der Waals surface area contributed by atoms with Gasteiger partial charge in [0.05, 0.1) is 19.3 Å². The molecule has 34 heavy (non-hydrogen) atoms. The fourth-order valence-corrected chi connectivity index (χ4v) is 5.49. The van der Waals surface area contributed by atoms with Crippen molar-refractivity contribution >= 4 is 34.6 Å². The minimum Gasteiger partial charge on any atom is -0.756 e. The van der Waals surface area contributed by atoms with E-state index in [9.17, 15) is 43.4 Å². The van der Waals surface area contributed by atoms with Gasteiger partial charge in [0.2, 0.25) is 0 Å². The van der Waals surface area contributed by atoms with Crippen LogP contribution in [0, 0.1) is 0 Å². The quantitative estimate of drug-likeness (QED) is 0.168. The average Bonchev–Trinajstić information content (AvgIpc) is 3.13. The maximum Gasteiger partial charge on any atom is 1.00 e. The first-order chi connectivity index (χ1) is 14.2. The van der Waals surface area contributed by atoms with Crippen LogP contribution in [0.4, 0.5) is 0 Å².